The minimum atomic E-state index is 0.528. The summed E-state index contributed by atoms with van der Waals surface area (Å²) in [5.41, 5.74) is 2.26. The minimum Gasteiger partial charge on any atom is -0.316 e. The van der Waals surface area contributed by atoms with Crippen molar-refractivity contribution >= 4 is 0 Å². The molecule has 3 heteroatoms. The molecule has 3 nitrogen and oxygen atoms in total. The van der Waals surface area contributed by atoms with Gasteiger partial charge < -0.3 is 5.32 Å². The molecule has 0 radical (unpaired) electrons. The Morgan fingerprint density at radius 3 is 3.00 bits per heavy atom. The molecule has 2 heterocycles. The predicted octanol–water partition coefficient (Wildman–Crippen LogP) is 1.42. The molecule has 1 aliphatic rings. The molecular formula is C11H17N3. The van der Waals surface area contributed by atoms with Gasteiger partial charge in [-0.15, -0.1) is 0 Å². The van der Waals surface area contributed by atoms with Gasteiger partial charge in [-0.25, -0.2) is 9.97 Å². The molecule has 0 spiro atoms. The molecule has 0 aliphatic carbocycles. The molecule has 14 heavy (non-hydrogen) atoms. The van der Waals surface area contributed by atoms with Crippen LogP contribution < -0.4 is 5.32 Å². The molecule has 0 saturated carbocycles. The third kappa shape index (κ3) is 1.93. The van der Waals surface area contributed by atoms with E-state index in [-0.39, 0.29) is 0 Å². The lowest BCUT2D eigenvalue weighted by Gasteiger charge is -2.09. The molecule has 1 atom stereocenters. The quantitative estimate of drug-likeness (QED) is 0.768. The number of aryl methyl sites for hydroxylation is 2. The largest absolute Gasteiger partial charge is 0.316 e. The van der Waals surface area contributed by atoms with E-state index in [0.717, 1.165) is 31.0 Å². The molecule has 76 valence electrons. The average Bonchev–Trinajstić information content (AvgIpc) is 2.69. The Morgan fingerprint density at radius 2 is 2.36 bits per heavy atom. The van der Waals surface area contributed by atoms with E-state index in [1.807, 2.05) is 6.92 Å². The number of aromatic nitrogens is 2. The highest BCUT2D eigenvalue weighted by Crippen LogP contribution is 2.19. The lowest BCUT2D eigenvalue weighted by atomic mass is 10.1. The summed E-state index contributed by atoms with van der Waals surface area (Å²) in [7, 11) is 0. The van der Waals surface area contributed by atoms with Crippen molar-refractivity contribution in [3.63, 3.8) is 0 Å². The van der Waals surface area contributed by atoms with Crippen LogP contribution in [0.5, 0.6) is 0 Å². The van der Waals surface area contributed by atoms with E-state index in [4.69, 9.17) is 0 Å². The molecule has 0 aromatic carbocycles. The first-order chi connectivity index (χ1) is 6.79. The van der Waals surface area contributed by atoms with Crippen LogP contribution in [0.1, 0.15) is 36.5 Å². The molecule has 2 rings (SSSR count). The van der Waals surface area contributed by atoms with Crippen molar-refractivity contribution < 1.29 is 0 Å². The van der Waals surface area contributed by atoms with Crippen molar-refractivity contribution in [1.82, 2.24) is 15.3 Å². The van der Waals surface area contributed by atoms with Crippen LogP contribution in [0.15, 0.2) is 6.07 Å². The summed E-state index contributed by atoms with van der Waals surface area (Å²) >= 11 is 0. The maximum absolute atomic E-state index is 4.58. The summed E-state index contributed by atoms with van der Waals surface area (Å²) in [6.07, 6.45) is 2.17. The van der Waals surface area contributed by atoms with Crippen LogP contribution >= 0.6 is 0 Å². The van der Waals surface area contributed by atoms with Gasteiger partial charge in [0, 0.05) is 23.9 Å². The highest BCUT2D eigenvalue weighted by atomic mass is 15.0. The summed E-state index contributed by atoms with van der Waals surface area (Å²) in [6.45, 7) is 6.32. The van der Waals surface area contributed by atoms with Crippen LogP contribution in [0.2, 0.25) is 0 Å². The Kier molecular flexibility index (Phi) is 2.77. The van der Waals surface area contributed by atoms with E-state index in [0.29, 0.717) is 5.92 Å². The zero-order valence-electron chi connectivity index (χ0n) is 8.88. The van der Waals surface area contributed by atoms with Gasteiger partial charge in [0.1, 0.15) is 5.82 Å². The Balaban J connectivity index is 2.27. The van der Waals surface area contributed by atoms with E-state index >= 15 is 0 Å². The van der Waals surface area contributed by atoms with Crippen LogP contribution in [-0.4, -0.2) is 23.1 Å². The Morgan fingerprint density at radius 1 is 1.50 bits per heavy atom. The molecule has 1 aromatic rings. The highest BCUT2D eigenvalue weighted by molar-refractivity contribution is 5.13. The maximum Gasteiger partial charge on any atom is 0.133 e. The highest BCUT2D eigenvalue weighted by Gasteiger charge is 2.19. The Bertz CT molecular complexity index is 316. The molecule has 0 bridgehead atoms. The summed E-state index contributed by atoms with van der Waals surface area (Å²) in [5, 5.41) is 3.35. The van der Waals surface area contributed by atoms with E-state index < -0.39 is 0 Å². The summed E-state index contributed by atoms with van der Waals surface area (Å²) in [4.78, 5) is 9.10. The fourth-order valence-corrected chi connectivity index (χ4v) is 1.90. The molecule has 1 unspecified atom stereocenters. The fourth-order valence-electron chi connectivity index (χ4n) is 1.90. The van der Waals surface area contributed by atoms with Crippen molar-refractivity contribution in [2.45, 2.75) is 32.6 Å². The van der Waals surface area contributed by atoms with Crippen molar-refractivity contribution in [2.24, 2.45) is 0 Å². The lowest BCUT2D eigenvalue weighted by molar-refractivity contribution is 0.688. The average molecular weight is 191 g/mol. The molecule has 0 amide bonds. The molecule has 1 aromatic heterocycles. The molecule has 1 fully saturated rings. The number of hydrogen-bond acceptors (Lipinski definition) is 3. The third-order valence-electron chi connectivity index (χ3n) is 2.71. The number of hydrogen-bond donors (Lipinski definition) is 1. The van der Waals surface area contributed by atoms with Gasteiger partial charge in [0.15, 0.2) is 0 Å². The first kappa shape index (κ1) is 9.59. The van der Waals surface area contributed by atoms with Crippen LogP contribution in [-0.2, 0) is 6.42 Å². The van der Waals surface area contributed by atoms with Crippen molar-refractivity contribution in [3.8, 4) is 0 Å². The van der Waals surface area contributed by atoms with E-state index in [1.165, 1.54) is 12.1 Å². The first-order valence-corrected chi connectivity index (χ1v) is 5.34. The van der Waals surface area contributed by atoms with E-state index in [1.54, 1.807) is 0 Å². The SMILES string of the molecule is CCc1cc(C)nc(C2CCNC2)n1. The number of nitrogens with zero attached hydrogens (tertiary/aromatic N) is 2. The second kappa shape index (κ2) is 4.05. The van der Waals surface area contributed by atoms with Gasteiger partial charge in [-0.1, -0.05) is 6.92 Å². The lowest BCUT2D eigenvalue weighted by Crippen LogP contribution is -2.11. The van der Waals surface area contributed by atoms with Gasteiger partial charge in [0.05, 0.1) is 0 Å². The Labute approximate surface area is 85.0 Å². The van der Waals surface area contributed by atoms with E-state index in [9.17, 15) is 0 Å². The molecule has 1 aliphatic heterocycles. The van der Waals surface area contributed by atoms with Crippen molar-refractivity contribution in [3.05, 3.63) is 23.3 Å². The zero-order chi connectivity index (χ0) is 9.97. The third-order valence-corrected chi connectivity index (χ3v) is 2.71. The van der Waals surface area contributed by atoms with Crippen LogP contribution in [0.3, 0.4) is 0 Å². The van der Waals surface area contributed by atoms with Crippen molar-refractivity contribution in [2.75, 3.05) is 13.1 Å². The smallest absolute Gasteiger partial charge is 0.133 e. The Hall–Kier alpha value is -0.960. The summed E-state index contributed by atoms with van der Waals surface area (Å²) in [5.74, 6) is 1.56. The van der Waals surface area contributed by atoms with Gasteiger partial charge >= 0.3 is 0 Å². The van der Waals surface area contributed by atoms with Crippen LogP contribution in [0.4, 0.5) is 0 Å². The molecule has 1 N–H and O–H groups in total. The van der Waals surface area contributed by atoms with Gasteiger partial charge in [-0.3, -0.25) is 0 Å². The normalized spacial score (nSPS) is 21.4. The molecule has 1 saturated heterocycles. The maximum atomic E-state index is 4.58. The van der Waals surface area contributed by atoms with Crippen LogP contribution in [0.25, 0.3) is 0 Å². The summed E-state index contributed by atoms with van der Waals surface area (Å²) < 4.78 is 0. The fraction of sp³-hybridized carbons (Fsp3) is 0.636. The topological polar surface area (TPSA) is 37.8 Å². The zero-order valence-corrected chi connectivity index (χ0v) is 8.88. The minimum absolute atomic E-state index is 0.528. The van der Waals surface area contributed by atoms with Gasteiger partial charge in [0.2, 0.25) is 0 Å². The second-order valence-corrected chi connectivity index (χ2v) is 3.90. The summed E-state index contributed by atoms with van der Waals surface area (Å²) in [6, 6.07) is 2.08. The van der Waals surface area contributed by atoms with Gasteiger partial charge in [0.25, 0.3) is 0 Å². The standard InChI is InChI=1S/C11H17N3/c1-3-10-6-8(2)13-11(14-10)9-4-5-12-7-9/h6,9,12H,3-5,7H2,1-2H3. The monoisotopic (exact) mass is 191 g/mol. The van der Waals surface area contributed by atoms with Gasteiger partial charge in [-0.2, -0.15) is 0 Å². The van der Waals surface area contributed by atoms with Crippen LogP contribution in [0, 0.1) is 6.92 Å². The van der Waals surface area contributed by atoms with Gasteiger partial charge in [-0.05, 0) is 32.4 Å². The predicted molar refractivity (Wildman–Crippen MR) is 56.4 cm³/mol. The molecular weight excluding hydrogens is 174 g/mol. The number of rotatable bonds is 2. The van der Waals surface area contributed by atoms with E-state index in [2.05, 4.69) is 28.3 Å². The first-order valence-electron chi connectivity index (χ1n) is 5.34. The number of nitrogens with one attached hydrogen (secondary N) is 1. The second-order valence-electron chi connectivity index (χ2n) is 3.90. The van der Waals surface area contributed by atoms with Crippen molar-refractivity contribution in [1.29, 1.82) is 0 Å².